The van der Waals surface area contributed by atoms with Gasteiger partial charge in [-0.1, -0.05) is 120 Å². The molecule has 0 saturated heterocycles. The molecule has 0 fully saturated rings. The number of aliphatic carboxylic acids is 1. The van der Waals surface area contributed by atoms with E-state index in [9.17, 15) is 19.0 Å². The largest absolute Gasteiger partial charge is 0.480 e. The summed E-state index contributed by atoms with van der Waals surface area (Å²) in [6.45, 7) is 3.58. The maximum Gasteiger partial charge on any atom is 0.472 e. The number of rotatable bonds is 33. The lowest BCUT2D eigenvalue weighted by molar-refractivity contribution is -0.154. The quantitative estimate of drug-likeness (QED) is 0.0262. The molecule has 0 spiro atoms. The van der Waals surface area contributed by atoms with E-state index in [1.54, 1.807) is 0 Å². The number of carboxylic acids is 1. The minimum absolute atomic E-state index is 0.0144. The van der Waals surface area contributed by atoms with Gasteiger partial charge in [-0.25, -0.2) is 4.57 Å². The molecule has 4 N–H and O–H groups in total. The molecule has 0 amide bonds. The van der Waals surface area contributed by atoms with Crippen LogP contribution < -0.4 is 5.73 Å². The molecule has 0 rings (SSSR count). The lowest BCUT2D eigenvalue weighted by Crippen LogP contribution is -2.34. The summed E-state index contributed by atoms with van der Waals surface area (Å²) in [5.74, 6) is -1.81. The highest BCUT2D eigenvalue weighted by Gasteiger charge is 2.27. The van der Waals surface area contributed by atoms with Crippen molar-refractivity contribution in [3.05, 3.63) is 60.8 Å². The molecule has 0 bridgehead atoms. The Hall–Kier alpha value is -2.33. The number of nitrogens with two attached hydrogens (primary N) is 1. The summed E-state index contributed by atoms with van der Waals surface area (Å²) < 4.78 is 33.0. The average Bonchev–Trinajstić information content (AvgIpc) is 3.06. The van der Waals surface area contributed by atoms with Crippen LogP contribution in [0.3, 0.4) is 0 Å². The molecule has 0 radical (unpaired) electrons. The highest BCUT2D eigenvalue weighted by molar-refractivity contribution is 7.47. The molecule has 0 aliphatic heterocycles. The van der Waals surface area contributed by atoms with Gasteiger partial charge >= 0.3 is 19.8 Å². The Morgan fingerprint density at radius 2 is 1.21 bits per heavy atom. The van der Waals surface area contributed by atoms with Crippen molar-refractivity contribution in [2.75, 3.05) is 26.4 Å². The van der Waals surface area contributed by atoms with E-state index in [1.807, 2.05) is 0 Å². The molecule has 48 heavy (non-hydrogen) atoms. The molecule has 10 nitrogen and oxygen atoms in total. The van der Waals surface area contributed by atoms with Crippen LogP contribution in [0.1, 0.15) is 123 Å². The van der Waals surface area contributed by atoms with E-state index in [4.69, 9.17) is 24.8 Å². The van der Waals surface area contributed by atoms with Crippen LogP contribution in [0.5, 0.6) is 0 Å². The summed E-state index contributed by atoms with van der Waals surface area (Å²) in [5.41, 5.74) is 5.32. The zero-order valence-corrected chi connectivity index (χ0v) is 30.4. The van der Waals surface area contributed by atoms with Crippen molar-refractivity contribution >= 4 is 19.8 Å². The first-order valence-corrected chi connectivity index (χ1v) is 19.3. The Labute approximate surface area is 290 Å². The number of phosphoric ester groups is 1. The van der Waals surface area contributed by atoms with Gasteiger partial charge in [-0.3, -0.25) is 18.6 Å². The third-order valence-corrected chi connectivity index (χ3v) is 8.01. The van der Waals surface area contributed by atoms with E-state index < -0.39 is 45.1 Å². The van der Waals surface area contributed by atoms with Crippen LogP contribution in [0.2, 0.25) is 0 Å². The zero-order valence-electron chi connectivity index (χ0n) is 29.6. The van der Waals surface area contributed by atoms with E-state index in [2.05, 4.69) is 79.1 Å². The van der Waals surface area contributed by atoms with Gasteiger partial charge in [0.1, 0.15) is 12.1 Å². The van der Waals surface area contributed by atoms with E-state index in [0.29, 0.717) is 13.0 Å². The number of ether oxygens (including phenoxy) is 2. The second-order valence-corrected chi connectivity index (χ2v) is 13.1. The van der Waals surface area contributed by atoms with Gasteiger partial charge in [0.2, 0.25) is 0 Å². The first-order valence-electron chi connectivity index (χ1n) is 17.8. The highest BCUT2D eigenvalue weighted by atomic mass is 31.2. The molecule has 0 heterocycles. The molecule has 0 aliphatic carbocycles. The number of carbonyl (C=O) groups excluding carboxylic acids is 1. The number of esters is 1. The summed E-state index contributed by atoms with van der Waals surface area (Å²) in [5, 5.41) is 8.84. The van der Waals surface area contributed by atoms with Gasteiger partial charge in [-0.15, -0.1) is 0 Å². The topological polar surface area (TPSA) is 155 Å². The molecule has 0 aromatic carbocycles. The van der Waals surface area contributed by atoms with Crippen molar-refractivity contribution in [1.82, 2.24) is 0 Å². The molecule has 0 aromatic heterocycles. The zero-order chi connectivity index (χ0) is 35.6. The predicted molar refractivity (Wildman–Crippen MR) is 194 cm³/mol. The lowest BCUT2D eigenvalue weighted by atomic mass is 10.1. The Kier molecular flexibility index (Phi) is 31.6. The Morgan fingerprint density at radius 1 is 0.688 bits per heavy atom. The lowest BCUT2D eigenvalue weighted by Gasteiger charge is -2.20. The number of carboxylic acid groups (broad SMARTS) is 1. The van der Waals surface area contributed by atoms with Crippen molar-refractivity contribution in [1.29, 1.82) is 0 Å². The number of hydrogen-bond donors (Lipinski definition) is 3. The molecular weight excluding hydrogens is 633 g/mol. The second kappa shape index (κ2) is 33.2. The Bertz CT molecular complexity index is 993. The van der Waals surface area contributed by atoms with Gasteiger partial charge in [0, 0.05) is 13.0 Å². The molecule has 0 aromatic rings. The molecule has 0 aliphatic rings. The maximum atomic E-state index is 12.5. The summed E-state index contributed by atoms with van der Waals surface area (Å²) in [6, 6.07) is -1.48. The van der Waals surface area contributed by atoms with Crippen molar-refractivity contribution < 1.29 is 42.7 Å². The molecule has 3 atom stereocenters. The van der Waals surface area contributed by atoms with Crippen LogP contribution >= 0.6 is 7.82 Å². The van der Waals surface area contributed by atoms with E-state index in [0.717, 1.165) is 70.6 Å². The maximum absolute atomic E-state index is 12.5. The van der Waals surface area contributed by atoms with Crippen LogP contribution in [-0.4, -0.2) is 60.5 Å². The van der Waals surface area contributed by atoms with Crippen molar-refractivity contribution in [3.8, 4) is 0 Å². The van der Waals surface area contributed by atoms with Crippen LogP contribution in [0.15, 0.2) is 60.8 Å². The second-order valence-electron chi connectivity index (χ2n) is 11.6. The van der Waals surface area contributed by atoms with Gasteiger partial charge in [-0.05, 0) is 57.8 Å². The van der Waals surface area contributed by atoms with Crippen LogP contribution in [0, 0.1) is 0 Å². The van der Waals surface area contributed by atoms with Gasteiger partial charge in [-0.2, -0.15) is 0 Å². The number of carbonyl (C=O) groups is 2. The Balaban J connectivity index is 4.38. The standard InChI is InChI=1S/C37H64NO9P/c1-3-5-7-9-11-13-14-15-16-17-18-19-20-21-22-24-26-28-30-44-31-34(32-45-48(42,43)46-33-35(38)37(40)41)47-36(39)29-27-25-23-12-10-8-6-4-2/h5,7,11,13,15-16,18-19,21-22,34-35H,3-4,6,8-10,12,14,17,20,23-33,38H2,1-2H3,(H,40,41)(H,42,43)/b7-5-,13-11-,16-15-,19-18-,22-21-. The fourth-order valence-corrected chi connectivity index (χ4v) is 5.05. The SMILES string of the molecule is CC/C=C\C/C=C\C/C=C\C/C=C\C/C=C\CCCCOCC(COP(=O)(O)OCC(N)C(=O)O)OC(=O)CCCCCCCCCC. The van der Waals surface area contributed by atoms with E-state index in [1.165, 1.54) is 25.7 Å². The number of unbranched alkanes of at least 4 members (excludes halogenated alkanes) is 9. The van der Waals surface area contributed by atoms with Crippen LogP contribution in [0.4, 0.5) is 0 Å². The van der Waals surface area contributed by atoms with Crippen molar-refractivity contribution in [2.45, 2.75) is 135 Å². The molecular formula is C37H64NO9P. The predicted octanol–water partition coefficient (Wildman–Crippen LogP) is 8.91. The molecule has 3 unspecified atom stereocenters. The average molecular weight is 698 g/mol. The fraction of sp³-hybridized carbons (Fsp3) is 0.676. The summed E-state index contributed by atoms with van der Waals surface area (Å²) in [4.78, 5) is 33.2. The summed E-state index contributed by atoms with van der Waals surface area (Å²) >= 11 is 0. The number of phosphoric acid groups is 1. The van der Waals surface area contributed by atoms with Crippen molar-refractivity contribution in [2.24, 2.45) is 5.73 Å². The smallest absolute Gasteiger partial charge is 0.472 e. The highest BCUT2D eigenvalue weighted by Crippen LogP contribution is 2.43. The van der Waals surface area contributed by atoms with Crippen LogP contribution in [-0.2, 0) is 32.7 Å². The van der Waals surface area contributed by atoms with Gasteiger partial charge < -0.3 is 25.2 Å². The number of hydrogen-bond acceptors (Lipinski definition) is 8. The fourth-order valence-electron chi connectivity index (χ4n) is 4.27. The first kappa shape index (κ1) is 45.7. The van der Waals surface area contributed by atoms with E-state index in [-0.39, 0.29) is 13.0 Å². The van der Waals surface area contributed by atoms with Gasteiger partial charge in [0.05, 0.1) is 19.8 Å². The van der Waals surface area contributed by atoms with Gasteiger partial charge in [0.25, 0.3) is 0 Å². The minimum atomic E-state index is -4.62. The number of allylic oxidation sites excluding steroid dienone is 10. The molecule has 11 heteroatoms. The summed E-state index contributed by atoms with van der Waals surface area (Å²) in [7, 11) is -4.62. The third kappa shape index (κ3) is 32.2. The monoisotopic (exact) mass is 697 g/mol. The molecule has 0 saturated carbocycles. The third-order valence-electron chi connectivity index (χ3n) is 7.06. The Morgan fingerprint density at radius 3 is 1.77 bits per heavy atom. The minimum Gasteiger partial charge on any atom is -0.480 e. The normalized spacial score (nSPS) is 14.9. The summed E-state index contributed by atoms with van der Waals surface area (Å²) in [6.07, 6.45) is 37.3. The first-order chi connectivity index (χ1) is 23.2. The van der Waals surface area contributed by atoms with Crippen LogP contribution in [0.25, 0.3) is 0 Å². The van der Waals surface area contributed by atoms with Crippen molar-refractivity contribution in [3.63, 3.8) is 0 Å². The molecule has 276 valence electrons. The van der Waals surface area contributed by atoms with E-state index >= 15 is 0 Å². The van der Waals surface area contributed by atoms with Gasteiger partial charge in [0.15, 0.2) is 0 Å².